The number of halogens is 3. The van der Waals surface area contributed by atoms with Crippen molar-refractivity contribution in [2.45, 2.75) is 44.7 Å². The highest BCUT2D eigenvalue weighted by atomic mass is 19.4. The molecule has 2 amide bonds. The van der Waals surface area contributed by atoms with Gasteiger partial charge in [-0.2, -0.15) is 13.2 Å². The lowest BCUT2D eigenvalue weighted by Crippen LogP contribution is -2.44. The fraction of sp³-hybridized carbons (Fsp3) is 0.521. The van der Waals surface area contributed by atoms with Crippen molar-refractivity contribution in [3.05, 3.63) is 94.4 Å². The van der Waals surface area contributed by atoms with Gasteiger partial charge in [0.1, 0.15) is 23.7 Å². The smallest absolute Gasteiger partial charge is 0.416 e. The van der Waals surface area contributed by atoms with Crippen LogP contribution in [-0.4, -0.2) is 153 Å². The number of benzene rings is 2. The molecule has 15 nitrogen and oxygen atoms in total. The number of hydrogen-bond donors (Lipinski definition) is 4. The number of ether oxygens (including phenoxy) is 5. The Morgan fingerprint density at radius 2 is 1.53 bits per heavy atom. The molecule has 4 N–H and O–H groups in total. The minimum absolute atomic E-state index is 0.00923. The van der Waals surface area contributed by atoms with Crippen molar-refractivity contribution >= 4 is 23.1 Å². The van der Waals surface area contributed by atoms with Crippen LogP contribution < -0.4 is 15.4 Å². The van der Waals surface area contributed by atoms with Gasteiger partial charge in [-0.05, 0) is 86.0 Å². The lowest BCUT2D eigenvalue weighted by Gasteiger charge is -2.33. The molecule has 0 radical (unpaired) electrons. The number of fused-ring (bicyclic) bond motifs is 3. The van der Waals surface area contributed by atoms with Gasteiger partial charge < -0.3 is 49.4 Å². The van der Waals surface area contributed by atoms with E-state index < -0.39 is 29.9 Å². The second-order valence-electron chi connectivity index (χ2n) is 17.0. The Kier molecular flexibility index (Phi) is 17.1. The lowest BCUT2D eigenvalue weighted by molar-refractivity contribution is -0.138. The number of carbonyl (C=O) groups is 2. The molecular formula is C48H59F3N6O9. The van der Waals surface area contributed by atoms with E-state index in [0.717, 1.165) is 24.7 Å². The highest BCUT2D eigenvalue weighted by Gasteiger charge is 2.53. The van der Waals surface area contributed by atoms with Crippen molar-refractivity contribution in [1.82, 2.24) is 24.5 Å². The van der Waals surface area contributed by atoms with Crippen LogP contribution >= 0.6 is 0 Å². The van der Waals surface area contributed by atoms with Crippen LogP contribution in [0.15, 0.2) is 60.9 Å². The van der Waals surface area contributed by atoms with E-state index in [1.165, 1.54) is 12.1 Å². The summed E-state index contributed by atoms with van der Waals surface area (Å²) in [4.78, 5) is 34.3. The number of carbonyl (C=O) groups excluding carboxylic acids is 2. The fourth-order valence-corrected chi connectivity index (χ4v) is 8.64. The fourth-order valence-electron chi connectivity index (χ4n) is 8.64. The third-order valence-electron chi connectivity index (χ3n) is 12.4. The summed E-state index contributed by atoms with van der Waals surface area (Å²) >= 11 is 0. The number of aryl methyl sites for hydroxylation is 1. The largest absolute Gasteiger partial charge is 0.491 e. The number of anilines is 1. The standard InChI is InChI=1S/C48H59F3N6O9/c1-32-3-4-34(46(60)54-37-7-5-35(42(28-37)48(49,50)51)31-56-14-12-55(2)13-15-56)25-33(32)6-8-38-30-53-43-29-39(9-11-57(38)43)66-24-23-65-22-21-64-20-19-63-18-17-62-16-10-52-47(61)41-27-36-26-40(41)45(59)44(36)58/h3-5,7,9,11,25,28-30,36,40-41,44-45,58-59H,10,12-24,26-27,31H2,1-2H3,(H,52,61)(H,54,60)/t36-,40+,41-,44-,45+/m0/s1. The van der Waals surface area contributed by atoms with E-state index in [0.29, 0.717) is 115 Å². The maximum Gasteiger partial charge on any atom is 0.416 e. The first kappa shape index (κ1) is 48.8. The molecule has 3 aliphatic rings. The molecule has 18 heteroatoms. The van der Waals surface area contributed by atoms with Crippen molar-refractivity contribution in [2.75, 3.05) is 105 Å². The molecule has 2 aromatic carbocycles. The Labute approximate surface area is 382 Å². The number of alkyl halides is 3. The molecule has 0 unspecified atom stereocenters. The second kappa shape index (κ2) is 23.1. The van der Waals surface area contributed by atoms with Crippen LogP contribution in [0.5, 0.6) is 5.75 Å². The maximum absolute atomic E-state index is 14.1. The zero-order valence-electron chi connectivity index (χ0n) is 37.4. The number of aromatic nitrogens is 2. The Hall–Kier alpha value is -5.10. The Balaban J connectivity index is 0.765. The molecule has 0 spiro atoms. The first-order chi connectivity index (χ1) is 31.8. The van der Waals surface area contributed by atoms with Crippen molar-refractivity contribution < 1.29 is 56.7 Å². The summed E-state index contributed by atoms with van der Waals surface area (Å²) in [6.45, 7) is 8.81. The van der Waals surface area contributed by atoms with Gasteiger partial charge in [-0.25, -0.2) is 4.98 Å². The second-order valence-corrected chi connectivity index (χ2v) is 17.0. The SMILES string of the molecule is Cc1ccc(C(=O)Nc2ccc(CN3CCN(C)CC3)c(C(F)(F)F)c2)cc1C#Cc1cnc2cc(OCCOCCOCCOCCOCCNC(=O)[C@H]3C[C@@H]4C[C@H]3[C@@H](O)[C@H]4O)ccn12. The predicted octanol–water partition coefficient (Wildman–Crippen LogP) is 4.00. The monoisotopic (exact) mass is 920 g/mol. The Morgan fingerprint density at radius 1 is 0.833 bits per heavy atom. The molecule has 2 aromatic heterocycles. The van der Waals surface area contributed by atoms with Crippen LogP contribution in [0, 0.1) is 36.5 Å². The van der Waals surface area contributed by atoms with E-state index in [2.05, 4.69) is 32.4 Å². The predicted molar refractivity (Wildman–Crippen MR) is 238 cm³/mol. The van der Waals surface area contributed by atoms with Gasteiger partial charge in [-0.1, -0.05) is 18.1 Å². The molecule has 3 fully saturated rings. The third kappa shape index (κ3) is 13.1. The summed E-state index contributed by atoms with van der Waals surface area (Å²) < 4.78 is 72.3. The molecule has 2 bridgehead atoms. The minimum atomic E-state index is -4.58. The van der Waals surface area contributed by atoms with Gasteiger partial charge in [0.05, 0.1) is 76.8 Å². The number of likely N-dealkylation sites (N-methyl/N-ethyl adjacent to an activating group) is 1. The molecule has 66 heavy (non-hydrogen) atoms. The summed E-state index contributed by atoms with van der Waals surface area (Å²) in [5, 5.41) is 25.5. The van der Waals surface area contributed by atoms with Crippen molar-refractivity contribution in [3.8, 4) is 17.6 Å². The van der Waals surface area contributed by atoms with Crippen molar-refractivity contribution in [3.63, 3.8) is 0 Å². The molecule has 7 rings (SSSR count). The Morgan fingerprint density at radius 3 is 2.21 bits per heavy atom. The summed E-state index contributed by atoms with van der Waals surface area (Å²) in [6.07, 6.45) is -1.34. The van der Waals surface area contributed by atoms with Gasteiger partial charge in [0.25, 0.3) is 5.91 Å². The molecular weight excluding hydrogens is 862 g/mol. The summed E-state index contributed by atoms with van der Waals surface area (Å²) in [6, 6.07) is 12.5. The van der Waals surface area contributed by atoms with Crippen LogP contribution in [0.2, 0.25) is 0 Å². The highest BCUT2D eigenvalue weighted by molar-refractivity contribution is 6.04. The van der Waals surface area contributed by atoms with Gasteiger partial charge in [-0.15, -0.1) is 0 Å². The van der Waals surface area contributed by atoms with Crippen LogP contribution in [0.3, 0.4) is 0 Å². The number of piperazine rings is 1. The van der Waals surface area contributed by atoms with Gasteiger partial charge in [0, 0.05) is 74.3 Å². The first-order valence-electron chi connectivity index (χ1n) is 22.4. The van der Waals surface area contributed by atoms with E-state index in [-0.39, 0.29) is 47.0 Å². The van der Waals surface area contributed by atoms with Crippen LogP contribution in [0.1, 0.15) is 51.1 Å². The highest BCUT2D eigenvalue weighted by Crippen LogP contribution is 2.48. The maximum atomic E-state index is 14.1. The zero-order valence-corrected chi connectivity index (χ0v) is 37.4. The molecule has 1 aliphatic heterocycles. The summed E-state index contributed by atoms with van der Waals surface area (Å²) in [7, 11) is 1.99. The van der Waals surface area contributed by atoms with Gasteiger partial charge in [0.2, 0.25) is 5.91 Å². The molecule has 2 aliphatic carbocycles. The van der Waals surface area contributed by atoms with E-state index in [4.69, 9.17) is 23.7 Å². The summed E-state index contributed by atoms with van der Waals surface area (Å²) in [5.41, 5.74) is 2.38. The quantitative estimate of drug-likeness (QED) is 0.0702. The van der Waals surface area contributed by atoms with E-state index in [1.807, 2.05) is 23.3 Å². The molecule has 1 saturated heterocycles. The van der Waals surface area contributed by atoms with Crippen LogP contribution in [0.4, 0.5) is 18.9 Å². The summed E-state index contributed by atoms with van der Waals surface area (Å²) in [5.74, 6) is 5.81. The number of nitrogens with zero attached hydrogens (tertiary/aromatic N) is 4. The first-order valence-corrected chi connectivity index (χ1v) is 22.4. The van der Waals surface area contributed by atoms with Gasteiger partial charge in [0.15, 0.2) is 0 Å². The number of imidazole rings is 1. The lowest BCUT2D eigenvalue weighted by atomic mass is 9.84. The van der Waals surface area contributed by atoms with Gasteiger partial charge >= 0.3 is 6.18 Å². The number of aliphatic hydroxyl groups is 2. The molecule has 356 valence electrons. The van der Waals surface area contributed by atoms with E-state index in [1.54, 1.807) is 42.7 Å². The van der Waals surface area contributed by atoms with Crippen LogP contribution in [0.25, 0.3) is 5.65 Å². The molecule has 3 heterocycles. The van der Waals surface area contributed by atoms with E-state index >= 15 is 0 Å². The Bertz CT molecular complexity index is 2320. The third-order valence-corrected chi connectivity index (χ3v) is 12.4. The number of hydrogen-bond acceptors (Lipinski definition) is 12. The average Bonchev–Trinajstić information content (AvgIpc) is 4.00. The average molecular weight is 921 g/mol. The van der Waals surface area contributed by atoms with Crippen molar-refractivity contribution in [2.24, 2.45) is 17.8 Å². The topological polar surface area (TPSA) is 169 Å². The van der Waals surface area contributed by atoms with E-state index in [9.17, 15) is 33.0 Å². The van der Waals surface area contributed by atoms with Crippen molar-refractivity contribution in [1.29, 1.82) is 0 Å². The molecule has 4 aromatic rings. The molecule has 2 saturated carbocycles. The number of amides is 2. The number of rotatable bonds is 21. The van der Waals surface area contributed by atoms with Gasteiger partial charge in [-0.3, -0.25) is 18.9 Å². The molecule has 5 atom stereocenters. The number of pyridine rings is 1. The number of aliphatic hydroxyl groups excluding tert-OH is 2. The minimum Gasteiger partial charge on any atom is -0.491 e. The van der Waals surface area contributed by atoms with Crippen LogP contribution in [-0.2, 0) is 36.5 Å². The zero-order chi connectivity index (χ0) is 46.6. The number of nitrogens with one attached hydrogen (secondary N) is 2. The normalized spacial score (nSPS) is 20.9.